The minimum Gasteiger partial charge on any atom is -0.508 e. The van der Waals surface area contributed by atoms with Crippen LogP contribution in [0.4, 0.5) is 5.69 Å². The van der Waals surface area contributed by atoms with Crippen LogP contribution in [0.2, 0.25) is 0 Å². The zero-order chi connectivity index (χ0) is 15.0. The van der Waals surface area contributed by atoms with Gasteiger partial charge < -0.3 is 15.5 Å². The Balaban J connectivity index is 1.90. The number of aromatic hydroxyl groups is 1. The molecule has 0 amide bonds. The SMILES string of the molecule is Cc1c(NC2CCc3cc(O)ccc32)cccc1C(=O)O. The van der Waals surface area contributed by atoms with E-state index in [0.717, 1.165) is 29.7 Å². The second-order valence-electron chi connectivity index (χ2n) is 5.40. The predicted octanol–water partition coefficient (Wildman–Crippen LogP) is 3.50. The van der Waals surface area contributed by atoms with Crippen molar-refractivity contribution in [2.75, 3.05) is 5.32 Å². The largest absolute Gasteiger partial charge is 0.508 e. The van der Waals surface area contributed by atoms with Gasteiger partial charge in [0.25, 0.3) is 0 Å². The summed E-state index contributed by atoms with van der Waals surface area (Å²) >= 11 is 0. The maximum Gasteiger partial charge on any atom is 0.336 e. The number of aryl methyl sites for hydroxylation is 1. The number of hydrogen-bond donors (Lipinski definition) is 3. The van der Waals surface area contributed by atoms with Gasteiger partial charge in [0.2, 0.25) is 0 Å². The van der Waals surface area contributed by atoms with Crippen molar-refractivity contribution in [3.8, 4) is 5.75 Å². The maximum absolute atomic E-state index is 11.2. The number of anilines is 1. The predicted molar refractivity (Wildman–Crippen MR) is 80.9 cm³/mol. The van der Waals surface area contributed by atoms with Crippen LogP contribution < -0.4 is 5.32 Å². The number of fused-ring (bicyclic) bond motifs is 1. The quantitative estimate of drug-likeness (QED) is 0.806. The van der Waals surface area contributed by atoms with Gasteiger partial charge in [-0.15, -0.1) is 0 Å². The molecule has 0 bridgehead atoms. The summed E-state index contributed by atoms with van der Waals surface area (Å²) in [6.45, 7) is 1.82. The molecule has 0 spiro atoms. The Bertz CT molecular complexity index is 709. The summed E-state index contributed by atoms with van der Waals surface area (Å²) < 4.78 is 0. The smallest absolute Gasteiger partial charge is 0.336 e. The summed E-state index contributed by atoms with van der Waals surface area (Å²) in [5.41, 5.74) is 4.24. The molecule has 1 atom stereocenters. The van der Waals surface area contributed by atoms with Gasteiger partial charge in [-0.05, 0) is 60.7 Å². The molecule has 1 unspecified atom stereocenters. The Labute approximate surface area is 123 Å². The summed E-state index contributed by atoms with van der Waals surface area (Å²) in [5.74, 6) is -0.619. The molecular formula is C17H17NO3. The Morgan fingerprint density at radius 1 is 1.29 bits per heavy atom. The first kappa shape index (κ1) is 13.5. The Hall–Kier alpha value is -2.49. The summed E-state index contributed by atoms with van der Waals surface area (Å²) in [6.07, 6.45) is 1.86. The number of hydrogen-bond acceptors (Lipinski definition) is 3. The Morgan fingerprint density at radius 3 is 2.86 bits per heavy atom. The number of aromatic carboxylic acids is 1. The second-order valence-corrected chi connectivity index (χ2v) is 5.40. The van der Waals surface area contributed by atoms with Crippen LogP contribution in [0.25, 0.3) is 0 Å². The third kappa shape index (κ3) is 2.44. The third-order valence-electron chi connectivity index (χ3n) is 4.10. The maximum atomic E-state index is 11.2. The molecule has 3 N–H and O–H groups in total. The molecule has 0 saturated carbocycles. The number of benzene rings is 2. The molecule has 2 aromatic rings. The molecule has 21 heavy (non-hydrogen) atoms. The molecule has 0 heterocycles. The molecule has 0 radical (unpaired) electrons. The molecule has 1 aliphatic rings. The highest BCUT2D eigenvalue weighted by Crippen LogP contribution is 2.36. The van der Waals surface area contributed by atoms with Crippen LogP contribution >= 0.6 is 0 Å². The van der Waals surface area contributed by atoms with Gasteiger partial charge in [0, 0.05) is 5.69 Å². The lowest BCUT2D eigenvalue weighted by Crippen LogP contribution is -2.10. The number of nitrogens with one attached hydrogen (secondary N) is 1. The minimum atomic E-state index is -0.909. The fourth-order valence-electron chi connectivity index (χ4n) is 2.97. The molecular weight excluding hydrogens is 266 g/mol. The van der Waals surface area contributed by atoms with E-state index in [4.69, 9.17) is 0 Å². The highest BCUT2D eigenvalue weighted by atomic mass is 16.4. The molecule has 4 nitrogen and oxygen atoms in total. The summed E-state index contributed by atoms with van der Waals surface area (Å²) in [5, 5.41) is 22.1. The van der Waals surface area contributed by atoms with Crippen LogP contribution in [0.3, 0.4) is 0 Å². The average Bonchev–Trinajstić information content (AvgIpc) is 2.83. The summed E-state index contributed by atoms with van der Waals surface area (Å²) in [7, 11) is 0. The van der Waals surface area contributed by atoms with Gasteiger partial charge >= 0.3 is 5.97 Å². The highest BCUT2D eigenvalue weighted by Gasteiger charge is 2.23. The van der Waals surface area contributed by atoms with E-state index in [0.29, 0.717) is 11.3 Å². The molecule has 1 aliphatic carbocycles. The lowest BCUT2D eigenvalue weighted by Gasteiger charge is -2.18. The first-order valence-corrected chi connectivity index (χ1v) is 6.97. The molecule has 0 saturated heterocycles. The van der Waals surface area contributed by atoms with Gasteiger partial charge in [0.1, 0.15) is 5.75 Å². The van der Waals surface area contributed by atoms with Crippen molar-refractivity contribution in [2.45, 2.75) is 25.8 Å². The monoisotopic (exact) mass is 283 g/mol. The number of carboxylic acids is 1. The zero-order valence-electron chi connectivity index (χ0n) is 11.8. The first-order valence-electron chi connectivity index (χ1n) is 6.97. The van der Waals surface area contributed by atoms with Crippen LogP contribution in [-0.2, 0) is 6.42 Å². The van der Waals surface area contributed by atoms with E-state index in [2.05, 4.69) is 5.32 Å². The van der Waals surface area contributed by atoms with Gasteiger partial charge in [0.05, 0.1) is 11.6 Å². The Kier molecular flexibility index (Phi) is 3.29. The number of phenolic OH excluding ortho intramolecular Hbond substituents is 1. The van der Waals surface area contributed by atoms with Gasteiger partial charge in [-0.3, -0.25) is 0 Å². The van der Waals surface area contributed by atoms with Crippen molar-refractivity contribution in [3.63, 3.8) is 0 Å². The molecule has 0 aliphatic heterocycles. The van der Waals surface area contributed by atoms with E-state index >= 15 is 0 Å². The molecule has 3 rings (SSSR count). The van der Waals surface area contributed by atoms with Crippen molar-refractivity contribution in [1.29, 1.82) is 0 Å². The van der Waals surface area contributed by atoms with Crippen molar-refractivity contribution < 1.29 is 15.0 Å². The van der Waals surface area contributed by atoms with Gasteiger partial charge in [0.15, 0.2) is 0 Å². The lowest BCUT2D eigenvalue weighted by molar-refractivity contribution is 0.0696. The second kappa shape index (κ2) is 5.13. The van der Waals surface area contributed by atoms with Crippen molar-refractivity contribution in [2.24, 2.45) is 0 Å². The molecule has 0 fully saturated rings. The molecule has 4 heteroatoms. The van der Waals surface area contributed by atoms with Crippen molar-refractivity contribution in [1.82, 2.24) is 0 Å². The number of carboxylic acid groups (broad SMARTS) is 1. The standard InChI is InChI=1S/C17H17NO3/c1-10-13(17(20)21)3-2-4-15(10)18-16-8-5-11-9-12(19)6-7-14(11)16/h2-4,6-7,9,16,18-19H,5,8H2,1H3,(H,20,21). The molecule has 2 aromatic carbocycles. The highest BCUT2D eigenvalue weighted by molar-refractivity contribution is 5.91. The summed E-state index contributed by atoms with van der Waals surface area (Å²) in [4.78, 5) is 11.2. The lowest BCUT2D eigenvalue weighted by atomic mass is 10.0. The topological polar surface area (TPSA) is 69.6 Å². The minimum absolute atomic E-state index is 0.156. The molecule has 0 aromatic heterocycles. The van der Waals surface area contributed by atoms with E-state index < -0.39 is 5.97 Å². The third-order valence-corrected chi connectivity index (χ3v) is 4.10. The van der Waals surface area contributed by atoms with E-state index in [-0.39, 0.29) is 6.04 Å². The van der Waals surface area contributed by atoms with Gasteiger partial charge in [-0.2, -0.15) is 0 Å². The van der Waals surface area contributed by atoms with Crippen molar-refractivity contribution in [3.05, 3.63) is 58.7 Å². The number of phenols is 1. The van der Waals surface area contributed by atoms with Crippen LogP contribution in [0, 0.1) is 6.92 Å². The first-order chi connectivity index (χ1) is 10.1. The average molecular weight is 283 g/mol. The zero-order valence-corrected chi connectivity index (χ0v) is 11.8. The normalized spacial score (nSPS) is 16.5. The van der Waals surface area contributed by atoms with E-state index in [1.165, 1.54) is 5.56 Å². The van der Waals surface area contributed by atoms with Crippen molar-refractivity contribution >= 4 is 11.7 Å². The van der Waals surface area contributed by atoms with E-state index in [1.54, 1.807) is 24.3 Å². The van der Waals surface area contributed by atoms with Crippen LogP contribution in [-0.4, -0.2) is 16.2 Å². The van der Waals surface area contributed by atoms with Gasteiger partial charge in [-0.1, -0.05) is 12.1 Å². The fourth-order valence-corrected chi connectivity index (χ4v) is 2.97. The fraction of sp³-hybridized carbons (Fsp3) is 0.235. The van der Waals surface area contributed by atoms with Gasteiger partial charge in [-0.25, -0.2) is 4.79 Å². The van der Waals surface area contributed by atoms with E-state index in [1.807, 2.05) is 19.1 Å². The number of rotatable bonds is 3. The Morgan fingerprint density at radius 2 is 2.10 bits per heavy atom. The molecule has 108 valence electrons. The number of carbonyl (C=O) groups is 1. The van der Waals surface area contributed by atoms with Crippen LogP contribution in [0.5, 0.6) is 5.75 Å². The van der Waals surface area contributed by atoms with E-state index in [9.17, 15) is 15.0 Å². The van der Waals surface area contributed by atoms with Crippen LogP contribution in [0.15, 0.2) is 36.4 Å². The summed E-state index contributed by atoms with van der Waals surface area (Å²) in [6, 6.07) is 10.9. The van der Waals surface area contributed by atoms with Crippen LogP contribution in [0.1, 0.15) is 39.5 Å².